The number of thioether (sulfide) groups is 1. The maximum atomic E-state index is 10.5. The summed E-state index contributed by atoms with van der Waals surface area (Å²) in [5.74, 6) is -0.343. The second kappa shape index (κ2) is 4.73. The lowest BCUT2D eigenvalue weighted by molar-refractivity contribution is -0.133. The van der Waals surface area contributed by atoms with Crippen molar-refractivity contribution < 1.29 is 9.90 Å². The van der Waals surface area contributed by atoms with Gasteiger partial charge >= 0.3 is 5.97 Å². The highest BCUT2D eigenvalue weighted by Crippen LogP contribution is 2.22. The molecule has 7 nitrogen and oxygen atoms in total. The van der Waals surface area contributed by atoms with Gasteiger partial charge in [0.25, 0.3) is 0 Å². The van der Waals surface area contributed by atoms with Crippen molar-refractivity contribution in [1.29, 1.82) is 0 Å². The van der Waals surface area contributed by atoms with Gasteiger partial charge in [0.15, 0.2) is 5.82 Å². The molecule has 0 saturated heterocycles. The Morgan fingerprint density at radius 1 is 1.37 bits per heavy atom. The van der Waals surface area contributed by atoms with Crippen molar-refractivity contribution in [1.82, 2.24) is 25.4 Å². The minimum atomic E-state index is -0.892. The fourth-order valence-electron chi connectivity index (χ4n) is 1.66. The van der Waals surface area contributed by atoms with E-state index in [1.165, 1.54) is 0 Å². The first-order chi connectivity index (χ1) is 9.22. The van der Waals surface area contributed by atoms with Gasteiger partial charge in [-0.3, -0.25) is 15.0 Å². The molecular weight excluding hydrogens is 266 g/mol. The van der Waals surface area contributed by atoms with Crippen LogP contribution in [0.1, 0.15) is 0 Å². The standard InChI is InChI=1S/C11H9N5O2S/c17-9(18)5-19-11-13-10(15-16-11)6-1-2-8-7(3-6)4-12-14-8/h1-4H,5H2,(H,12,14)(H,17,18)(H,13,15,16). The minimum absolute atomic E-state index is 0.0575. The molecule has 2 aromatic heterocycles. The van der Waals surface area contributed by atoms with Crippen molar-refractivity contribution in [2.45, 2.75) is 5.16 Å². The van der Waals surface area contributed by atoms with Gasteiger partial charge in [0.2, 0.25) is 5.16 Å². The molecule has 96 valence electrons. The van der Waals surface area contributed by atoms with E-state index in [-0.39, 0.29) is 5.75 Å². The molecule has 0 spiro atoms. The van der Waals surface area contributed by atoms with Crippen LogP contribution in [0, 0.1) is 0 Å². The molecule has 0 unspecified atom stereocenters. The highest BCUT2D eigenvalue weighted by atomic mass is 32.2. The quantitative estimate of drug-likeness (QED) is 0.623. The average molecular weight is 275 g/mol. The molecule has 0 saturated carbocycles. The van der Waals surface area contributed by atoms with Gasteiger partial charge in [0.1, 0.15) is 0 Å². The van der Waals surface area contributed by atoms with Crippen LogP contribution in [0.4, 0.5) is 0 Å². The molecule has 8 heteroatoms. The van der Waals surface area contributed by atoms with Crippen LogP contribution in [0.2, 0.25) is 0 Å². The van der Waals surface area contributed by atoms with E-state index in [1.807, 2.05) is 18.2 Å². The number of hydrogen-bond acceptors (Lipinski definition) is 5. The van der Waals surface area contributed by atoms with Crippen LogP contribution >= 0.6 is 11.8 Å². The van der Waals surface area contributed by atoms with Crippen LogP contribution in [0.15, 0.2) is 29.6 Å². The molecule has 0 aliphatic heterocycles. The number of benzene rings is 1. The van der Waals surface area contributed by atoms with E-state index in [2.05, 4.69) is 25.4 Å². The summed E-state index contributed by atoms with van der Waals surface area (Å²) < 4.78 is 0. The smallest absolute Gasteiger partial charge is 0.313 e. The van der Waals surface area contributed by atoms with Crippen LogP contribution in [0.3, 0.4) is 0 Å². The average Bonchev–Trinajstić information content (AvgIpc) is 3.04. The van der Waals surface area contributed by atoms with Crippen molar-refractivity contribution in [3.8, 4) is 11.4 Å². The number of carbonyl (C=O) groups is 1. The minimum Gasteiger partial charge on any atom is -0.481 e. The van der Waals surface area contributed by atoms with Crippen LogP contribution < -0.4 is 0 Å². The molecule has 19 heavy (non-hydrogen) atoms. The zero-order valence-corrected chi connectivity index (χ0v) is 10.4. The Hall–Kier alpha value is -2.35. The number of rotatable bonds is 4. The van der Waals surface area contributed by atoms with Crippen molar-refractivity contribution in [3.05, 3.63) is 24.4 Å². The lowest BCUT2D eigenvalue weighted by Crippen LogP contribution is -1.97. The number of aromatic nitrogens is 5. The Morgan fingerprint density at radius 2 is 2.26 bits per heavy atom. The second-order valence-electron chi connectivity index (χ2n) is 3.82. The van der Waals surface area contributed by atoms with Crippen molar-refractivity contribution in [3.63, 3.8) is 0 Å². The second-order valence-corrected chi connectivity index (χ2v) is 4.76. The summed E-state index contributed by atoms with van der Waals surface area (Å²) in [5.41, 5.74) is 1.83. The molecule has 0 amide bonds. The maximum Gasteiger partial charge on any atom is 0.313 e. The predicted molar refractivity (Wildman–Crippen MR) is 69.8 cm³/mol. The Balaban J connectivity index is 1.86. The van der Waals surface area contributed by atoms with Gasteiger partial charge in [-0.1, -0.05) is 11.8 Å². The molecule has 0 bridgehead atoms. The monoisotopic (exact) mass is 275 g/mol. The molecule has 0 aliphatic rings. The highest BCUT2D eigenvalue weighted by Gasteiger charge is 2.08. The van der Waals surface area contributed by atoms with E-state index in [4.69, 9.17) is 5.11 Å². The fraction of sp³-hybridized carbons (Fsp3) is 0.0909. The Labute approximate surface area is 111 Å². The number of H-pyrrole nitrogens is 2. The van der Waals surface area contributed by atoms with E-state index < -0.39 is 5.97 Å². The largest absolute Gasteiger partial charge is 0.481 e. The number of aromatic amines is 2. The number of fused-ring (bicyclic) bond motifs is 1. The SMILES string of the molecule is O=C(O)CSc1n[nH]c(-c2ccc3[nH]ncc3c2)n1. The van der Waals surface area contributed by atoms with Crippen molar-refractivity contribution >= 4 is 28.6 Å². The summed E-state index contributed by atoms with van der Waals surface area (Å²) in [7, 11) is 0. The number of nitrogens with zero attached hydrogens (tertiary/aromatic N) is 3. The van der Waals surface area contributed by atoms with Gasteiger partial charge in [0.05, 0.1) is 17.5 Å². The van der Waals surface area contributed by atoms with Gasteiger partial charge in [-0.05, 0) is 18.2 Å². The summed E-state index contributed by atoms with van der Waals surface area (Å²) >= 11 is 1.08. The number of nitrogens with one attached hydrogen (secondary N) is 2. The number of hydrogen-bond donors (Lipinski definition) is 3. The van der Waals surface area contributed by atoms with E-state index in [9.17, 15) is 4.79 Å². The third kappa shape index (κ3) is 2.43. The lowest BCUT2D eigenvalue weighted by atomic mass is 10.1. The zero-order chi connectivity index (χ0) is 13.2. The molecule has 0 fully saturated rings. The van der Waals surface area contributed by atoms with E-state index in [0.29, 0.717) is 11.0 Å². The number of aliphatic carboxylic acids is 1. The molecule has 0 atom stereocenters. The van der Waals surface area contributed by atoms with E-state index in [1.54, 1.807) is 6.20 Å². The van der Waals surface area contributed by atoms with Gasteiger partial charge in [-0.15, -0.1) is 5.10 Å². The molecular formula is C11H9N5O2S. The van der Waals surface area contributed by atoms with Crippen LogP contribution in [0.25, 0.3) is 22.3 Å². The van der Waals surface area contributed by atoms with Crippen LogP contribution in [0.5, 0.6) is 0 Å². The third-order valence-electron chi connectivity index (χ3n) is 2.50. The van der Waals surface area contributed by atoms with Crippen LogP contribution in [-0.2, 0) is 4.79 Å². The summed E-state index contributed by atoms with van der Waals surface area (Å²) in [4.78, 5) is 14.7. The molecule has 2 heterocycles. The van der Waals surface area contributed by atoms with E-state index in [0.717, 1.165) is 28.2 Å². The normalized spacial score (nSPS) is 10.9. The Kier molecular flexibility index (Phi) is 2.92. The molecule has 3 rings (SSSR count). The third-order valence-corrected chi connectivity index (χ3v) is 3.34. The summed E-state index contributed by atoms with van der Waals surface area (Å²) in [6.45, 7) is 0. The molecule has 0 radical (unpaired) electrons. The Bertz CT molecular complexity index is 735. The summed E-state index contributed by atoms with van der Waals surface area (Å²) in [6, 6.07) is 5.74. The van der Waals surface area contributed by atoms with Gasteiger partial charge < -0.3 is 5.11 Å². The topological polar surface area (TPSA) is 108 Å². The maximum absolute atomic E-state index is 10.5. The molecule has 1 aromatic carbocycles. The fourth-order valence-corrected chi connectivity index (χ4v) is 2.17. The summed E-state index contributed by atoms with van der Waals surface area (Å²) in [5, 5.41) is 23.6. The molecule has 0 aliphatic carbocycles. The molecule has 3 aromatic rings. The first-order valence-corrected chi connectivity index (χ1v) is 6.41. The zero-order valence-electron chi connectivity index (χ0n) is 9.62. The first-order valence-electron chi connectivity index (χ1n) is 5.43. The van der Waals surface area contributed by atoms with Gasteiger partial charge in [0, 0.05) is 10.9 Å². The van der Waals surface area contributed by atoms with Crippen molar-refractivity contribution in [2.24, 2.45) is 0 Å². The van der Waals surface area contributed by atoms with Crippen LogP contribution in [-0.4, -0.2) is 42.2 Å². The molecule has 3 N–H and O–H groups in total. The lowest BCUT2D eigenvalue weighted by Gasteiger charge is -1.95. The first kappa shape index (κ1) is 11.7. The summed E-state index contributed by atoms with van der Waals surface area (Å²) in [6.07, 6.45) is 1.73. The number of carboxylic acids is 1. The van der Waals surface area contributed by atoms with Gasteiger partial charge in [-0.2, -0.15) is 5.10 Å². The number of carboxylic acid groups (broad SMARTS) is 1. The highest BCUT2D eigenvalue weighted by molar-refractivity contribution is 7.99. The van der Waals surface area contributed by atoms with Gasteiger partial charge in [-0.25, -0.2) is 4.98 Å². The van der Waals surface area contributed by atoms with E-state index >= 15 is 0 Å². The Morgan fingerprint density at radius 3 is 3.11 bits per heavy atom. The van der Waals surface area contributed by atoms with Crippen molar-refractivity contribution in [2.75, 3.05) is 5.75 Å². The predicted octanol–water partition coefficient (Wildman–Crippen LogP) is 1.52.